The van der Waals surface area contributed by atoms with E-state index in [1.807, 2.05) is 43.3 Å². The van der Waals surface area contributed by atoms with Crippen LogP contribution in [0.2, 0.25) is 0 Å². The minimum absolute atomic E-state index is 0.0293. The summed E-state index contributed by atoms with van der Waals surface area (Å²) in [7, 11) is 0. The van der Waals surface area contributed by atoms with Crippen LogP contribution < -0.4 is 10.6 Å². The summed E-state index contributed by atoms with van der Waals surface area (Å²) in [6.07, 6.45) is 3.45. The van der Waals surface area contributed by atoms with Gasteiger partial charge < -0.3 is 10.6 Å². The standard InChI is InChI=1S/C19H23N7O/c1-14-11-17(26-19(22-14)20-13-21-26)23-16-7-9-25(10-8-16)12-18(27)24-15-5-3-2-4-6-15/h2-6,11,13,16,23H,7-10,12H2,1H3,(H,24,27). The summed E-state index contributed by atoms with van der Waals surface area (Å²) in [5.74, 6) is 1.55. The number of likely N-dealkylation sites (tertiary alicyclic amines) is 1. The first-order valence-corrected chi connectivity index (χ1v) is 9.18. The average molecular weight is 365 g/mol. The topological polar surface area (TPSA) is 87.5 Å². The molecule has 0 bridgehead atoms. The summed E-state index contributed by atoms with van der Waals surface area (Å²) >= 11 is 0. The van der Waals surface area contributed by atoms with Crippen molar-refractivity contribution < 1.29 is 4.79 Å². The highest BCUT2D eigenvalue weighted by atomic mass is 16.2. The molecule has 2 N–H and O–H groups in total. The van der Waals surface area contributed by atoms with Gasteiger partial charge in [0.25, 0.3) is 5.78 Å². The fourth-order valence-corrected chi connectivity index (χ4v) is 3.40. The van der Waals surface area contributed by atoms with Gasteiger partial charge in [0.15, 0.2) is 0 Å². The SMILES string of the molecule is Cc1cc(NC2CCN(CC(=O)Nc3ccccc3)CC2)n2ncnc2n1. The maximum absolute atomic E-state index is 12.2. The molecule has 0 unspecified atom stereocenters. The van der Waals surface area contributed by atoms with Gasteiger partial charge in [-0.1, -0.05) is 18.2 Å². The highest BCUT2D eigenvalue weighted by molar-refractivity contribution is 5.92. The summed E-state index contributed by atoms with van der Waals surface area (Å²) in [5.41, 5.74) is 1.75. The van der Waals surface area contributed by atoms with Crippen LogP contribution in [0, 0.1) is 6.92 Å². The first-order valence-electron chi connectivity index (χ1n) is 9.18. The zero-order valence-electron chi connectivity index (χ0n) is 15.3. The molecule has 1 amide bonds. The molecule has 4 rings (SSSR count). The predicted octanol–water partition coefficient (Wildman–Crippen LogP) is 1.95. The van der Waals surface area contributed by atoms with Crippen LogP contribution in [0.4, 0.5) is 11.5 Å². The quantitative estimate of drug-likeness (QED) is 0.719. The van der Waals surface area contributed by atoms with E-state index < -0.39 is 0 Å². The van der Waals surface area contributed by atoms with E-state index in [2.05, 4.69) is 30.6 Å². The molecule has 0 spiro atoms. The van der Waals surface area contributed by atoms with Gasteiger partial charge in [0.2, 0.25) is 5.91 Å². The van der Waals surface area contributed by atoms with E-state index in [9.17, 15) is 4.79 Å². The molecular weight excluding hydrogens is 342 g/mol. The smallest absolute Gasteiger partial charge is 0.254 e. The fraction of sp³-hybridized carbons (Fsp3) is 0.368. The highest BCUT2D eigenvalue weighted by Gasteiger charge is 2.21. The number of nitrogens with zero attached hydrogens (tertiary/aromatic N) is 5. The number of para-hydroxylation sites is 1. The number of fused-ring (bicyclic) bond motifs is 1. The molecule has 3 heterocycles. The summed E-state index contributed by atoms with van der Waals surface area (Å²) in [4.78, 5) is 22.9. The Hall–Kier alpha value is -3.00. The molecule has 1 fully saturated rings. The number of aryl methyl sites for hydroxylation is 1. The number of nitrogens with one attached hydrogen (secondary N) is 2. The second-order valence-electron chi connectivity index (χ2n) is 6.86. The molecular formula is C19H23N7O. The van der Waals surface area contributed by atoms with Gasteiger partial charge in [0.05, 0.1) is 6.54 Å². The molecule has 0 atom stereocenters. The van der Waals surface area contributed by atoms with Crippen LogP contribution in [0.5, 0.6) is 0 Å². The van der Waals surface area contributed by atoms with Crippen molar-refractivity contribution in [3.05, 3.63) is 48.4 Å². The first kappa shape index (κ1) is 17.4. The summed E-state index contributed by atoms with van der Waals surface area (Å²) < 4.78 is 1.73. The van der Waals surface area contributed by atoms with E-state index in [-0.39, 0.29) is 5.91 Å². The van der Waals surface area contributed by atoms with Crippen molar-refractivity contribution in [3.63, 3.8) is 0 Å². The van der Waals surface area contributed by atoms with Gasteiger partial charge in [0.1, 0.15) is 12.1 Å². The zero-order valence-corrected chi connectivity index (χ0v) is 15.3. The van der Waals surface area contributed by atoms with E-state index in [1.165, 1.54) is 6.33 Å². The lowest BCUT2D eigenvalue weighted by molar-refractivity contribution is -0.117. The molecule has 3 aromatic rings. The number of rotatable bonds is 5. The molecule has 1 aliphatic rings. The lowest BCUT2D eigenvalue weighted by Crippen LogP contribution is -2.42. The van der Waals surface area contributed by atoms with Crippen molar-refractivity contribution >= 4 is 23.2 Å². The number of piperidine rings is 1. The van der Waals surface area contributed by atoms with Gasteiger partial charge >= 0.3 is 0 Å². The van der Waals surface area contributed by atoms with E-state index >= 15 is 0 Å². The largest absolute Gasteiger partial charge is 0.367 e. The third-order valence-corrected chi connectivity index (χ3v) is 4.74. The number of carbonyl (C=O) groups excluding carboxylic acids is 1. The third kappa shape index (κ3) is 4.22. The maximum atomic E-state index is 12.2. The molecule has 140 valence electrons. The van der Waals surface area contributed by atoms with E-state index in [0.29, 0.717) is 18.4 Å². The third-order valence-electron chi connectivity index (χ3n) is 4.74. The van der Waals surface area contributed by atoms with Gasteiger partial charge in [-0.3, -0.25) is 9.69 Å². The highest BCUT2D eigenvalue weighted by Crippen LogP contribution is 2.17. The molecule has 27 heavy (non-hydrogen) atoms. The molecule has 1 aromatic carbocycles. The van der Waals surface area contributed by atoms with Crippen molar-refractivity contribution in [2.75, 3.05) is 30.3 Å². The van der Waals surface area contributed by atoms with Crippen LogP contribution in [0.3, 0.4) is 0 Å². The lowest BCUT2D eigenvalue weighted by atomic mass is 10.1. The van der Waals surface area contributed by atoms with Gasteiger partial charge in [-0.05, 0) is 31.9 Å². The minimum Gasteiger partial charge on any atom is -0.367 e. The van der Waals surface area contributed by atoms with Crippen molar-refractivity contribution in [2.24, 2.45) is 0 Å². The van der Waals surface area contributed by atoms with Crippen LogP contribution in [-0.2, 0) is 4.79 Å². The molecule has 0 radical (unpaired) electrons. The van der Waals surface area contributed by atoms with Crippen molar-refractivity contribution in [2.45, 2.75) is 25.8 Å². The second-order valence-corrected chi connectivity index (χ2v) is 6.86. The molecule has 0 aliphatic carbocycles. The van der Waals surface area contributed by atoms with E-state index in [0.717, 1.165) is 43.1 Å². The van der Waals surface area contributed by atoms with Crippen molar-refractivity contribution in [1.29, 1.82) is 0 Å². The van der Waals surface area contributed by atoms with Crippen LogP contribution in [0.15, 0.2) is 42.7 Å². The summed E-state index contributed by atoms with van der Waals surface area (Å²) in [6.45, 7) is 4.13. The number of hydrogen-bond donors (Lipinski definition) is 2. The summed E-state index contributed by atoms with van der Waals surface area (Å²) in [5, 5.41) is 10.7. The Morgan fingerprint density at radius 1 is 1.22 bits per heavy atom. The zero-order chi connectivity index (χ0) is 18.6. The molecule has 8 heteroatoms. The predicted molar refractivity (Wildman–Crippen MR) is 104 cm³/mol. The number of amides is 1. The van der Waals surface area contributed by atoms with Crippen molar-refractivity contribution in [3.8, 4) is 0 Å². The normalized spacial score (nSPS) is 15.7. The fourth-order valence-electron chi connectivity index (χ4n) is 3.40. The van der Waals surface area contributed by atoms with Crippen molar-refractivity contribution in [1.82, 2.24) is 24.5 Å². The van der Waals surface area contributed by atoms with Crippen LogP contribution in [0.25, 0.3) is 5.78 Å². The summed E-state index contributed by atoms with van der Waals surface area (Å²) in [6, 6.07) is 11.9. The number of anilines is 2. The maximum Gasteiger partial charge on any atom is 0.254 e. The Labute approximate surface area is 157 Å². The molecule has 1 saturated heterocycles. The van der Waals surface area contributed by atoms with Crippen LogP contribution >= 0.6 is 0 Å². The molecule has 2 aromatic heterocycles. The minimum atomic E-state index is 0.0293. The van der Waals surface area contributed by atoms with Gasteiger partial charge in [0, 0.05) is 36.6 Å². The van der Waals surface area contributed by atoms with Gasteiger partial charge in [-0.25, -0.2) is 4.98 Å². The number of hydrogen-bond acceptors (Lipinski definition) is 6. The Morgan fingerprint density at radius 3 is 2.78 bits per heavy atom. The van der Waals surface area contributed by atoms with Gasteiger partial charge in [-0.2, -0.15) is 14.6 Å². The van der Waals surface area contributed by atoms with Gasteiger partial charge in [-0.15, -0.1) is 0 Å². The lowest BCUT2D eigenvalue weighted by Gasteiger charge is -2.32. The Kier molecular flexibility index (Phi) is 4.97. The Bertz CT molecular complexity index is 916. The van der Waals surface area contributed by atoms with Crippen LogP contribution in [-0.4, -0.2) is 56.1 Å². The number of carbonyl (C=O) groups is 1. The first-order chi connectivity index (χ1) is 13.2. The second kappa shape index (κ2) is 7.71. The van der Waals surface area contributed by atoms with Crippen LogP contribution in [0.1, 0.15) is 18.5 Å². The monoisotopic (exact) mass is 365 g/mol. The Balaban J connectivity index is 1.30. The average Bonchev–Trinajstić information content (AvgIpc) is 3.12. The molecule has 1 aliphatic heterocycles. The molecule has 8 nitrogen and oxygen atoms in total. The Morgan fingerprint density at radius 2 is 2.00 bits per heavy atom. The molecule has 0 saturated carbocycles. The number of benzene rings is 1. The van der Waals surface area contributed by atoms with E-state index in [1.54, 1.807) is 4.52 Å². The van der Waals surface area contributed by atoms with E-state index in [4.69, 9.17) is 0 Å². The number of aromatic nitrogens is 4.